The van der Waals surface area contributed by atoms with E-state index in [4.69, 9.17) is 0 Å². The minimum atomic E-state index is -4.89. The van der Waals surface area contributed by atoms with Crippen LogP contribution in [0.5, 0.6) is 5.75 Å². The van der Waals surface area contributed by atoms with Gasteiger partial charge in [0.2, 0.25) is 10.0 Å². The quantitative estimate of drug-likeness (QED) is 0.740. The standard InChI is InChI=1S/C17H16F3NO5S/c1-11(16(22)23)15(12-5-3-2-4-6-12)21-27(24,25)14-9-7-13(8-10-14)26-17(18,19)20/h2-11,15,21H,1H3,(H,22,23)/t11-,15-/m0/s1. The van der Waals surface area contributed by atoms with Crippen LogP contribution in [-0.4, -0.2) is 25.9 Å². The van der Waals surface area contributed by atoms with Gasteiger partial charge in [0.1, 0.15) is 5.75 Å². The van der Waals surface area contributed by atoms with Crippen LogP contribution in [0, 0.1) is 5.92 Å². The molecule has 0 aliphatic heterocycles. The number of nitrogens with one attached hydrogen (secondary N) is 1. The van der Waals surface area contributed by atoms with Crippen molar-refractivity contribution in [1.29, 1.82) is 0 Å². The molecule has 0 aliphatic rings. The number of carbonyl (C=O) groups is 1. The fourth-order valence-electron chi connectivity index (χ4n) is 2.32. The second kappa shape index (κ2) is 7.97. The number of carboxylic acid groups (broad SMARTS) is 1. The highest BCUT2D eigenvalue weighted by Crippen LogP contribution is 2.27. The van der Waals surface area contributed by atoms with Crippen molar-refractivity contribution in [2.75, 3.05) is 0 Å². The van der Waals surface area contributed by atoms with Crippen LogP contribution < -0.4 is 9.46 Å². The number of carboxylic acids is 1. The summed E-state index contributed by atoms with van der Waals surface area (Å²) in [5.41, 5.74) is 0.438. The average Bonchev–Trinajstić information content (AvgIpc) is 2.59. The molecule has 2 atom stereocenters. The lowest BCUT2D eigenvalue weighted by Gasteiger charge is -2.23. The number of benzene rings is 2. The highest BCUT2D eigenvalue weighted by atomic mass is 32.2. The summed E-state index contributed by atoms with van der Waals surface area (Å²) in [6.07, 6.45) is -4.89. The summed E-state index contributed by atoms with van der Waals surface area (Å²) >= 11 is 0. The van der Waals surface area contributed by atoms with Crippen molar-refractivity contribution in [3.63, 3.8) is 0 Å². The SMILES string of the molecule is C[C@H](C(=O)O)[C@H](NS(=O)(=O)c1ccc(OC(F)(F)F)cc1)c1ccccc1. The summed E-state index contributed by atoms with van der Waals surface area (Å²) in [6.45, 7) is 1.35. The molecule has 0 heterocycles. The zero-order valence-electron chi connectivity index (χ0n) is 14.0. The highest BCUT2D eigenvalue weighted by Gasteiger charge is 2.32. The van der Waals surface area contributed by atoms with Crippen LogP contribution in [0.3, 0.4) is 0 Å². The zero-order valence-corrected chi connectivity index (χ0v) is 14.8. The van der Waals surface area contributed by atoms with Crippen LogP contribution in [-0.2, 0) is 14.8 Å². The Balaban J connectivity index is 2.29. The van der Waals surface area contributed by atoms with Gasteiger partial charge in [0.05, 0.1) is 16.9 Å². The van der Waals surface area contributed by atoms with Gasteiger partial charge in [-0.3, -0.25) is 4.79 Å². The van der Waals surface area contributed by atoms with Gasteiger partial charge in [0.15, 0.2) is 0 Å². The molecule has 0 radical (unpaired) electrons. The van der Waals surface area contributed by atoms with Crippen LogP contribution in [0.15, 0.2) is 59.5 Å². The van der Waals surface area contributed by atoms with Crippen LogP contribution in [0.25, 0.3) is 0 Å². The van der Waals surface area contributed by atoms with E-state index in [1.165, 1.54) is 6.92 Å². The highest BCUT2D eigenvalue weighted by molar-refractivity contribution is 7.89. The number of alkyl halides is 3. The van der Waals surface area contributed by atoms with E-state index >= 15 is 0 Å². The number of sulfonamides is 1. The van der Waals surface area contributed by atoms with Crippen LogP contribution in [0.4, 0.5) is 13.2 Å². The molecule has 2 N–H and O–H groups in total. The molecular formula is C17H16F3NO5S. The van der Waals surface area contributed by atoms with Crippen molar-refractivity contribution in [1.82, 2.24) is 4.72 Å². The molecule has 27 heavy (non-hydrogen) atoms. The summed E-state index contributed by atoms with van der Waals surface area (Å²) in [4.78, 5) is 11.0. The molecule has 0 fully saturated rings. The summed E-state index contributed by atoms with van der Waals surface area (Å²) in [6, 6.07) is 10.6. The van der Waals surface area contributed by atoms with Gasteiger partial charge in [-0.15, -0.1) is 13.2 Å². The molecule has 0 saturated heterocycles. The lowest BCUT2D eigenvalue weighted by atomic mass is 9.96. The third-order valence-corrected chi connectivity index (χ3v) is 5.15. The predicted octanol–water partition coefficient (Wildman–Crippen LogP) is 3.33. The van der Waals surface area contributed by atoms with E-state index < -0.39 is 40.1 Å². The Morgan fingerprint density at radius 2 is 1.63 bits per heavy atom. The second-order valence-corrected chi connectivity index (χ2v) is 7.37. The number of aliphatic carboxylic acids is 1. The largest absolute Gasteiger partial charge is 0.573 e. The minimum Gasteiger partial charge on any atom is -0.481 e. The maximum atomic E-state index is 12.6. The molecule has 10 heteroatoms. The minimum absolute atomic E-state index is 0.324. The van der Waals surface area contributed by atoms with Gasteiger partial charge >= 0.3 is 12.3 Å². The Kier molecular flexibility index (Phi) is 6.11. The van der Waals surface area contributed by atoms with Crippen LogP contribution in [0.2, 0.25) is 0 Å². The Morgan fingerprint density at radius 1 is 1.07 bits per heavy atom. The van der Waals surface area contributed by atoms with E-state index in [1.807, 2.05) is 0 Å². The summed E-state index contributed by atoms with van der Waals surface area (Å²) in [7, 11) is -4.20. The van der Waals surface area contributed by atoms with Gasteiger partial charge in [-0.25, -0.2) is 13.1 Å². The first kappa shape index (κ1) is 20.7. The maximum Gasteiger partial charge on any atom is 0.573 e. The lowest BCUT2D eigenvalue weighted by molar-refractivity contribution is -0.274. The molecule has 0 unspecified atom stereocenters. The first-order valence-electron chi connectivity index (χ1n) is 7.65. The summed E-state index contributed by atoms with van der Waals surface area (Å²) < 4.78 is 67.7. The summed E-state index contributed by atoms with van der Waals surface area (Å²) in [5, 5.41) is 9.27. The van der Waals surface area contributed by atoms with Gasteiger partial charge in [-0.1, -0.05) is 37.3 Å². The number of hydrogen-bond acceptors (Lipinski definition) is 4. The van der Waals surface area contributed by atoms with Crippen molar-refractivity contribution >= 4 is 16.0 Å². The summed E-state index contributed by atoms with van der Waals surface area (Å²) in [5.74, 6) is -2.87. The van der Waals surface area contributed by atoms with Crippen molar-refractivity contribution in [2.45, 2.75) is 24.2 Å². The molecule has 6 nitrogen and oxygen atoms in total. The molecule has 0 saturated carbocycles. The molecule has 0 aromatic heterocycles. The number of halogens is 3. The molecule has 0 amide bonds. The van der Waals surface area contributed by atoms with Crippen molar-refractivity contribution in [3.8, 4) is 5.75 Å². The normalized spacial score (nSPS) is 14.4. The smallest absolute Gasteiger partial charge is 0.481 e. The molecule has 2 aromatic carbocycles. The van der Waals surface area contributed by atoms with E-state index in [0.29, 0.717) is 5.56 Å². The Morgan fingerprint density at radius 3 is 2.11 bits per heavy atom. The molecular weight excluding hydrogens is 387 g/mol. The molecule has 0 bridgehead atoms. The van der Waals surface area contributed by atoms with Crippen LogP contribution in [0.1, 0.15) is 18.5 Å². The molecule has 0 spiro atoms. The van der Waals surface area contributed by atoms with Gasteiger partial charge in [-0.05, 0) is 29.8 Å². The van der Waals surface area contributed by atoms with Gasteiger partial charge in [0.25, 0.3) is 0 Å². The third kappa shape index (κ3) is 5.69. The molecule has 2 rings (SSSR count). The van der Waals surface area contributed by atoms with E-state index in [9.17, 15) is 31.5 Å². The average molecular weight is 403 g/mol. The fraction of sp³-hybridized carbons (Fsp3) is 0.235. The molecule has 146 valence electrons. The van der Waals surface area contributed by atoms with Crippen molar-refractivity contribution in [3.05, 3.63) is 60.2 Å². The first-order chi connectivity index (χ1) is 12.5. The third-order valence-electron chi connectivity index (χ3n) is 3.70. The maximum absolute atomic E-state index is 12.6. The Labute approximate surface area is 153 Å². The van der Waals surface area contributed by atoms with E-state index in [1.54, 1.807) is 30.3 Å². The van der Waals surface area contributed by atoms with Gasteiger partial charge in [0, 0.05) is 0 Å². The molecule has 0 aliphatic carbocycles. The molecule has 2 aromatic rings. The Hall–Kier alpha value is -2.59. The van der Waals surface area contributed by atoms with Crippen molar-refractivity contribution < 1.29 is 36.2 Å². The first-order valence-corrected chi connectivity index (χ1v) is 9.14. The van der Waals surface area contributed by atoms with Crippen molar-refractivity contribution in [2.24, 2.45) is 5.92 Å². The lowest BCUT2D eigenvalue weighted by Crippen LogP contribution is -2.35. The van der Waals surface area contributed by atoms with Gasteiger partial charge in [-0.2, -0.15) is 0 Å². The predicted molar refractivity (Wildman–Crippen MR) is 89.4 cm³/mol. The zero-order chi connectivity index (χ0) is 20.2. The number of rotatable bonds is 7. The number of ether oxygens (including phenoxy) is 1. The van der Waals surface area contributed by atoms with E-state index in [2.05, 4.69) is 9.46 Å². The Bertz CT molecular complexity index is 883. The second-order valence-electron chi connectivity index (χ2n) is 5.66. The van der Waals surface area contributed by atoms with Gasteiger partial charge < -0.3 is 9.84 Å². The number of hydrogen-bond donors (Lipinski definition) is 2. The fourth-order valence-corrected chi connectivity index (χ4v) is 3.62. The topological polar surface area (TPSA) is 92.7 Å². The monoisotopic (exact) mass is 403 g/mol. The van der Waals surface area contributed by atoms with E-state index in [0.717, 1.165) is 24.3 Å². The van der Waals surface area contributed by atoms with Crippen LogP contribution >= 0.6 is 0 Å². The van der Waals surface area contributed by atoms with E-state index in [-0.39, 0.29) is 4.90 Å².